The molecule has 1 N–H and O–H groups in total. The highest BCUT2D eigenvalue weighted by atomic mass is 35.5. The van der Waals surface area contributed by atoms with Crippen molar-refractivity contribution in [3.8, 4) is 0 Å². The van der Waals surface area contributed by atoms with Gasteiger partial charge in [0.15, 0.2) is 5.78 Å². The first-order valence-corrected chi connectivity index (χ1v) is 6.99. The Hall–Kier alpha value is -1.98. The average Bonchev–Trinajstić information content (AvgIpc) is 2.49. The largest absolute Gasteiger partial charge is 0.322 e. The second-order valence-corrected chi connectivity index (χ2v) is 5.00. The maximum atomic E-state index is 14.0. The van der Waals surface area contributed by atoms with Crippen molar-refractivity contribution in [2.75, 3.05) is 11.2 Å². The Kier molecular flexibility index (Phi) is 5.11. The van der Waals surface area contributed by atoms with Crippen LogP contribution < -0.4 is 5.32 Å². The van der Waals surface area contributed by atoms with Crippen molar-refractivity contribution in [3.63, 3.8) is 0 Å². The van der Waals surface area contributed by atoms with E-state index in [1.54, 1.807) is 0 Å². The van der Waals surface area contributed by atoms with Crippen molar-refractivity contribution >= 4 is 40.6 Å². The summed E-state index contributed by atoms with van der Waals surface area (Å²) in [7, 11) is 0. The van der Waals surface area contributed by atoms with Crippen molar-refractivity contribution in [2.45, 2.75) is 0 Å². The van der Waals surface area contributed by atoms with Crippen LogP contribution in [0, 0.1) is 11.6 Å². The molecule has 2 aromatic carbocycles. The van der Waals surface area contributed by atoms with Gasteiger partial charge in [-0.3, -0.25) is 9.59 Å². The SMILES string of the molecule is O=C(CCl)Nc1c(F)cc(Cl)cc1C(=O)c1ccccc1F. The number of halogens is 4. The van der Waals surface area contributed by atoms with Crippen LogP contribution in [0.4, 0.5) is 14.5 Å². The number of benzene rings is 2. The number of amides is 1. The van der Waals surface area contributed by atoms with Crippen LogP contribution in [0.1, 0.15) is 15.9 Å². The van der Waals surface area contributed by atoms with E-state index >= 15 is 0 Å². The number of hydrogen-bond donors (Lipinski definition) is 1. The van der Waals surface area contributed by atoms with Gasteiger partial charge in [0.2, 0.25) is 5.91 Å². The zero-order valence-electron chi connectivity index (χ0n) is 11.0. The fraction of sp³-hybridized carbons (Fsp3) is 0.0667. The first-order chi connectivity index (χ1) is 10.4. The highest BCUT2D eigenvalue weighted by Crippen LogP contribution is 2.28. The Labute approximate surface area is 134 Å². The first kappa shape index (κ1) is 16.4. The lowest BCUT2D eigenvalue weighted by molar-refractivity contribution is -0.113. The van der Waals surface area contributed by atoms with Gasteiger partial charge in [-0.15, -0.1) is 11.6 Å². The summed E-state index contributed by atoms with van der Waals surface area (Å²) in [6, 6.07) is 7.33. The number of alkyl halides is 1. The van der Waals surface area contributed by atoms with Crippen molar-refractivity contribution in [2.24, 2.45) is 0 Å². The second kappa shape index (κ2) is 6.85. The molecule has 0 aliphatic rings. The molecule has 0 aliphatic carbocycles. The monoisotopic (exact) mass is 343 g/mol. The Balaban J connectivity index is 2.56. The molecule has 0 fully saturated rings. The molecule has 3 nitrogen and oxygen atoms in total. The lowest BCUT2D eigenvalue weighted by Crippen LogP contribution is -2.17. The molecule has 0 aromatic heterocycles. The molecule has 1 amide bonds. The highest BCUT2D eigenvalue weighted by Gasteiger charge is 2.21. The predicted molar refractivity (Wildman–Crippen MR) is 80.6 cm³/mol. The van der Waals surface area contributed by atoms with Crippen molar-refractivity contribution in [3.05, 3.63) is 64.2 Å². The lowest BCUT2D eigenvalue weighted by Gasteiger charge is -2.12. The zero-order chi connectivity index (χ0) is 16.3. The summed E-state index contributed by atoms with van der Waals surface area (Å²) in [6.07, 6.45) is 0. The molecule has 0 radical (unpaired) electrons. The Bertz CT molecular complexity index is 750. The molecule has 0 bridgehead atoms. The van der Waals surface area contributed by atoms with Crippen LogP contribution in [0.25, 0.3) is 0 Å². The number of nitrogens with one attached hydrogen (secondary N) is 1. The number of carbonyl (C=O) groups excluding carboxylic acids is 2. The van der Waals surface area contributed by atoms with Gasteiger partial charge in [0.25, 0.3) is 0 Å². The fourth-order valence-corrected chi connectivity index (χ4v) is 2.11. The van der Waals surface area contributed by atoms with Crippen molar-refractivity contribution < 1.29 is 18.4 Å². The van der Waals surface area contributed by atoms with Gasteiger partial charge >= 0.3 is 0 Å². The van der Waals surface area contributed by atoms with Gasteiger partial charge in [-0.05, 0) is 24.3 Å². The number of carbonyl (C=O) groups is 2. The molecule has 0 atom stereocenters. The summed E-state index contributed by atoms with van der Waals surface area (Å²) >= 11 is 11.1. The van der Waals surface area contributed by atoms with Gasteiger partial charge in [-0.2, -0.15) is 0 Å². The van der Waals surface area contributed by atoms with E-state index in [1.165, 1.54) is 18.2 Å². The average molecular weight is 344 g/mol. The standard InChI is InChI=1S/C15H9Cl2F2NO2/c16-7-13(21)20-14-10(5-8(17)6-12(14)19)15(22)9-3-1-2-4-11(9)18/h1-6H,7H2,(H,20,21). The quantitative estimate of drug-likeness (QED) is 0.673. The normalized spacial score (nSPS) is 10.4. The maximum Gasteiger partial charge on any atom is 0.239 e. The predicted octanol–water partition coefficient (Wildman–Crippen LogP) is 4.03. The van der Waals surface area contributed by atoms with Crippen molar-refractivity contribution in [1.29, 1.82) is 0 Å². The van der Waals surface area contributed by atoms with Crippen LogP contribution in [-0.2, 0) is 4.79 Å². The van der Waals surface area contributed by atoms with Gasteiger partial charge in [0, 0.05) is 5.02 Å². The van der Waals surface area contributed by atoms with Gasteiger partial charge in [0.1, 0.15) is 17.5 Å². The molecule has 114 valence electrons. The third kappa shape index (κ3) is 3.43. The molecule has 0 saturated carbocycles. The molecule has 0 heterocycles. The van der Waals surface area contributed by atoms with E-state index < -0.39 is 29.2 Å². The molecule has 2 rings (SSSR count). The van der Waals surface area contributed by atoms with E-state index in [9.17, 15) is 18.4 Å². The van der Waals surface area contributed by atoms with Crippen LogP contribution in [-0.4, -0.2) is 17.6 Å². The summed E-state index contributed by atoms with van der Waals surface area (Å²) in [5.74, 6) is -3.60. The summed E-state index contributed by atoms with van der Waals surface area (Å²) in [4.78, 5) is 23.8. The minimum Gasteiger partial charge on any atom is -0.322 e. The molecule has 0 saturated heterocycles. The van der Waals surface area contributed by atoms with Crippen molar-refractivity contribution in [1.82, 2.24) is 0 Å². The minimum atomic E-state index is -0.911. The van der Waals surface area contributed by atoms with Crippen LogP contribution >= 0.6 is 23.2 Å². The van der Waals surface area contributed by atoms with E-state index in [4.69, 9.17) is 23.2 Å². The Morgan fingerprint density at radius 2 is 1.73 bits per heavy atom. The van der Waals surface area contributed by atoms with E-state index in [2.05, 4.69) is 5.32 Å². The summed E-state index contributed by atoms with van der Waals surface area (Å²) in [6.45, 7) is 0. The maximum absolute atomic E-state index is 14.0. The number of hydrogen-bond acceptors (Lipinski definition) is 2. The lowest BCUT2D eigenvalue weighted by atomic mass is 10.0. The molecule has 22 heavy (non-hydrogen) atoms. The molecule has 0 unspecified atom stereocenters. The van der Waals surface area contributed by atoms with E-state index in [0.29, 0.717) is 0 Å². The van der Waals surface area contributed by atoms with Crippen LogP contribution in [0.2, 0.25) is 5.02 Å². The summed E-state index contributed by atoms with van der Waals surface area (Å²) in [5.41, 5.74) is -0.901. The number of ketones is 1. The molecular weight excluding hydrogens is 335 g/mol. The van der Waals surface area contributed by atoms with Crippen LogP contribution in [0.5, 0.6) is 0 Å². The Morgan fingerprint density at radius 3 is 2.36 bits per heavy atom. The minimum absolute atomic E-state index is 0.0546. The van der Waals surface area contributed by atoms with Gasteiger partial charge in [0.05, 0.1) is 16.8 Å². The summed E-state index contributed by atoms with van der Waals surface area (Å²) < 4.78 is 27.7. The third-order valence-corrected chi connectivity index (χ3v) is 3.26. The molecule has 7 heteroatoms. The summed E-state index contributed by atoms with van der Waals surface area (Å²) in [5, 5.41) is 2.12. The van der Waals surface area contributed by atoms with E-state index in [1.807, 2.05) is 0 Å². The van der Waals surface area contributed by atoms with Crippen LogP contribution in [0.3, 0.4) is 0 Å². The number of anilines is 1. The fourth-order valence-electron chi connectivity index (χ4n) is 1.84. The highest BCUT2D eigenvalue weighted by molar-refractivity contribution is 6.32. The molecule has 2 aromatic rings. The first-order valence-electron chi connectivity index (χ1n) is 6.08. The second-order valence-electron chi connectivity index (χ2n) is 4.30. The topological polar surface area (TPSA) is 46.2 Å². The zero-order valence-corrected chi connectivity index (χ0v) is 12.5. The molecular formula is C15H9Cl2F2NO2. The van der Waals surface area contributed by atoms with Gasteiger partial charge in [-0.1, -0.05) is 23.7 Å². The van der Waals surface area contributed by atoms with Gasteiger partial charge in [-0.25, -0.2) is 8.78 Å². The molecule has 0 aliphatic heterocycles. The Morgan fingerprint density at radius 1 is 1.05 bits per heavy atom. The number of rotatable bonds is 4. The van der Waals surface area contributed by atoms with Gasteiger partial charge < -0.3 is 5.32 Å². The third-order valence-electron chi connectivity index (χ3n) is 2.80. The van der Waals surface area contributed by atoms with E-state index in [-0.39, 0.29) is 21.8 Å². The van der Waals surface area contributed by atoms with E-state index in [0.717, 1.165) is 18.2 Å². The molecule has 0 spiro atoms. The van der Waals surface area contributed by atoms with Crippen LogP contribution in [0.15, 0.2) is 36.4 Å². The smallest absolute Gasteiger partial charge is 0.239 e.